The maximum absolute atomic E-state index is 11.9. The third-order valence-corrected chi connectivity index (χ3v) is 3.03. The van der Waals surface area contributed by atoms with Crippen LogP contribution >= 0.6 is 0 Å². The number of aliphatic carboxylic acids is 1. The van der Waals surface area contributed by atoms with Crippen molar-refractivity contribution in [2.75, 3.05) is 24.3 Å². The minimum absolute atomic E-state index is 0.00423. The Balaban J connectivity index is 2.66. The van der Waals surface area contributed by atoms with Gasteiger partial charge in [0.2, 0.25) is 5.91 Å². The Labute approximate surface area is 119 Å². The molecule has 110 valence electrons. The van der Waals surface area contributed by atoms with Crippen molar-refractivity contribution in [2.45, 2.75) is 26.7 Å². The van der Waals surface area contributed by atoms with Crippen LogP contribution in [0.4, 0.5) is 11.4 Å². The molecule has 1 rings (SSSR count). The lowest BCUT2D eigenvalue weighted by molar-refractivity contribution is -0.138. The van der Waals surface area contributed by atoms with E-state index in [0.717, 1.165) is 16.9 Å². The van der Waals surface area contributed by atoms with Crippen LogP contribution < -0.4 is 10.2 Å². The fourth-order valence-corrected chi connectivity index (χ4v) is 2.07. The Morgan fingerprint density at radius 3 is 2.50 bits per heavy atom. The van der Waals surface area contributed by atoms with Crippen molar-refractivity contribution in [3.63, 3.8) is 0 Å². The molecule has 1 aromatic carbocycles. The molecule has 0 aromatic heterocycles. The first-order chi connectivity index (χ1) is 9.29. The van der Waals surface area contributed by atoms with Crippen molar-refractivity contribution in [3.05, 3.63) is 23.8 Å². The molecule has 0 aliphatic carbocycles. The van der Waals surface area contributed by atoms with E-state index in [4.69, 9.17) is 5.11 Å². The molecule has 20 heavy (non-hydrogen) atoms. The first kappa shape index (κ1) is 16.0. The number of aryl methyl sites for hydroxylation is 1. The molecule has 0 aliphatic heterocycles. The van der Waals surface area contributed by atoms with Crippen LogP contribution in [-0.2, 0) is 9.59 Å². The third kappa shape index (κ3) is 4.91. The third-order valence-electron chi connectivity index (χ3n) is 3.03. The molecular weight excluding hydrogens is 256 g/mol. The summed E-state index contributed by atoms with van der Waals surface area (Å²) in [5.41, 5.74) is 2.90. The summed E-state index contributed by atoms with van der Waals surface area (Å²) in [5, 5.41) is 11.5. The van der Waals surface area contributed by atoms with Gasteiger partial charge in [-0.1, -0.05) is 13.0 Å². The number of nitrogens with one attached hydrogen (secondary N) is 1. The van der Waals surface area contributed by atoms with Crippen molar-refractivity contribution in [1.82, 2.24) is 0 Å². The second-order valence-electron chi connectivity index (χ2n) is 5.35. The highest BCUT2D eigenvalue weighted by Gasteiger charge is 2.13. The summed E-state index contributed by atoms with van der Waals surface area (Å²) in [4.78, 5) is 24.4. The van der Waals surface area contributed by atoms with E-state index in [9.17, 15) is 9.59 Å². The molecular formula is C15H22N2O3. The number of rotatable bonds is 6. The van der Waals surface area contributed by atoms with E-state index in [1.54, 1.807) is 6.92 Å². The Hall–Kier alpha value is -2.04. The summed E-state index contributed by atoms with van der Waals surface area (Å²) < 4.78 is 0. The van der Waals surface area contributed by atoms with Gasteiger partial charge in [-0.3, -0.25) is 9.59 Å². The fourth-order valence-electron chi connectivity index (χ4n) is 2.07. The van der Waals surface area contributed by atoms with Crippen molar-refractivity contribution in [1.29, 1.82) is 0 Å². The monoisotopic (exact) mass is 278 g/mol. The predicted molar refractivity (Wildman–Crippen MR) is 80.2 cm³/mol. The Morgan fingerprint density at radius 2 is 1.95 bits per heavy atom. The van der Waals surface area contributed by atoms with Gasteiger partial charge in [0.05, 0.1) is 0 Å². The number of carbonyl (C=O) groups is 2. The number of amides is 1. The standard InChI is InChI=1S/C15H22N2O3/c1-10(8-15(19)20)7-14(18)16-12-6-5-11(2)13(9-12)17(3)4/h5-6,9-10H,7-8H2,1-4H3,(H,16,18)(H,19,20). The lowest BCUT2D eigenvalue weighted by atomic mass is 10.0. The highest BCUT2D eigenvalue weighted by atomic mass is 16.4. The van der Waals surface area contributed by atoms with E-state index in [1.807, 2.05) is 44.1 Å². The van der Waals surface area contributed by atoms with Gasteiger partial charge in [0, 0.05) is 38.3 Å². The zero-order chi connectivity index (χ0) is 15.3. The van der Waals surface area contributed by atoms with Crippen LogP contribution in [0.15, 0.2) is 18.2 Å². The number of hydrogen-bond acceptors (Lipinski definition) is 3. The minimum atomic E-state index is -0.879. The van der Waals surface area contributed by atoms with E-state index >= 15 is 0 Å². The number of nitrogens with zero attached hydrogens (tertiary/aromatic N) is 1. The Bertz CT molecular complexity index is 498. The van der Waals surface area contributed by atoms with Gasteiger partial charge in [0.1, 0.15) is 0 Å². The number of carboxylic acid groups (broad SMARTS) is 1. The zero-order valence-electron chi connectivity index (χ0n) is 12.4. The molecule has 0 spiro atoms. The minimum Gasteiger partial charge on any atom is -0.481 e. The highest BCUT2D eigenvalue weighted by molar-refractivity contribution is 5.91. The average molecular weight is 278 g/mol. The normalized spacial score (nSPS) is 11.8. The van der Waals surface area contributed by atoms with Crippen molar-refractivity contribution < 1.29 is 14.7 Å². The largest absolute Gasteiger partial charge is 0.481 e. The summed E-state index contributed by atoms with van der Waals surface area (Å²) in [6, 6.07) is 5.71. The Morgan fingerprint density at radius 1 is 1.30 bits per heavy atom. The van der Waals surface area contributed by atoms with Crippen LogP contribution in [0.2, 0.25) is 0 Å². The van der Waals surface area contributed by atoms with E-state index < -0.39 is 5.97 Å². The van der Waals surface area contributed by atoms with Crippen LogP contribution in [-0.4, -0.2) is 31.1 Å². The first-order valence-corrected chi connectivity index (χ1v) is 6.59. The molecule has 5 nitrogen and oxygen atoms in total. The van der Waals surface area contributed by atoms with Gasteiger partial charge in [-0.25, -0.2) is 0 Å². The van der Waals surface area contributed by atoms with E-state index in [0.29, 0.717) is 0 Å². The number of benzene rings is 1. The predicted octanol–water partition coefficient (Wildman–Crippen LogP) is 2.50. The van der Waals surface area contributed by atoms with Crippen LogP contribution in [0.1, 0.15) is 25.3 Å². The van der Waals surface area contributed by atoms with Gasteiger partial charge < -0.3 is 15.3 Å². The average Bonchev–Trinajstić information content (AvgIpc) is 2.29. The summed E-state index contributed by atoms with van der Waals surface area (Å²) in [5.74, 6) is -1.21. The molecule has 0 radical (unpaired) electrons. The molecule has 1 amide bonds. The van der Waals surface area contributed by atoms with Gasteiger partial charge >= 0.3 is 5.97 Å². The molecule has 1 unspecified atom stereocenters. The lowest BCUT2D eigenvalue weighted by Gasteiger charge is -2.17. The molecule has 2 N–H and O–H groups in total. The molecule has 0 fully saturated rings. The molecule has 1 aromatic rings. The molecule has 0 bridgehead atoms. The van der Waals surface area contributed by atoms with Crippen LogP contribution in [0, 0.1) is 12.8 Å². The van der Waals surface area contributed by atoms with Crippen molar-refractivity contribution >= 4 is 23.3 Å². The van der Waals surface area contributed by atoms with Gasteiger partial charge in [-0.2, -0.15) is 0 Å². The SMILES string of the molecule is Cc1ccc(NC(=O)CC(C)CC(=O)O)cc1N(C)C. The summed E-state index contributed by atoms with van der Waals surface area (Å²) in [6.07, 6.45) is 0.210. The topological polar surface area (TPSA) is 69.6 Å². The quantitative estimate of drug-likeness (QED) is 0.839. The number of carboxylic acids is 1. The van der Waals surface area contributed by atoms with Gasteiger partial charge in [0.15, 0.2) is 0 Å². The fraction of sp³-hybridized carbons (Fsp3) is 0.467. The molecule has 1 atom stereocenters. The van der Waals surface area contributed by atoms with Crippen LogP contribution in [0.5, 0.6) is 0 Å². The smallest absolute Gasteiger partial charge is 0.303 e. The van der Waals surface area contributed by atoms with Gasteiger partial charge in [-0.15, -0.1) is 0 Å². The number of carbonyl (C=O) groups excluding carboxylic acids is 1. The molecule has 0 heterocycles. The van der Waals surface area contributed by atoms with Crippen LogP contribution in [0.25, 0.3) is 0 Å². The Kier molecular flexibility index (Phi) is 5.55. The summed E-state index contributed by atoms with van der Waals surface area (Å²) in [6.45, 7) is 3.77. The first-order valence-electron chi connectivity index (χ1n) is 6.59. The second-order valence-corrected chi connectivity index (χ2v) is 5.35. The van der Waals surface area contributed by atoms with E-state index in [1.165, 1.54) is 0 Å². The summed E-state index contributed by atoms with van der Waals surface area (Å²) in [7, 11) is 3.89. The van der Waals surface area contributed by atoms with Crippen molar-refractivity contribution in [2.24, 2.45) is 5.92 Å². The maximum Gasteiger partial charge on any atom is 0.303 e. The zero-order valence-corrected chi connectivity index (χ0v) is 12.4. The molecule has 5 heteroatoms. The van der Waals surface area contributed by atoms with Crippen LogP contribution in [0.3, 0.4) is 0 Å². The second kappa shape index (κ2) is 6.93. The van der Waals surface area contributed by atoms with Gasteiger partial charge in [0.25, 0.3) is 0 Å². The molecule has 0 saturated carbocycles. The molecule has 0 saturated heterocycles. The number of hydrogen-bond donors (Lipinski definition) is 2. The number of anilines is 2. The highest BCUT2D eigenvalue weighted by Crippen LogP contribution is 2.23. The maximum atomic E-state index is 11.9. The molecule has 0 aliphatic rings. The van der Waals surface area contributed by atoms with Crippen molar-refractivity contribution in [3.8, 4) is 0 Å². The lowest BCUT2D eigenvalue weighted by Crippen LogP contribution is -2.17. The van der Waals surface area contributed by atoms with E-state index in [2.05, 4.69) is 5.32 Å². The summed E-state index contributed by atoms with van der Waals surface area (Å²) >= 11 is 0. The van der Waals surface area contributed by atoms with E-state index in [-0.39, 0.29) is 24.7 Å². The van der Waals surface area contributed by atoms with Gasteiger partial charge in [-0.05, 0) is 30.5 Å².